The van der Waals surface area contributed by atoms with Crippen LogP contribution in [0.15, 0.2) is 0 Å². The minimum Gasteiger partial charge on any atom is -0.396 e. The van der Waals surface area contributed by atoms with Gasteiger partial charge in [-0.05, 0) is 38.5 Å². The summed E-state index contributed by atoms with van der Waals surface area (Å²) in [6, 6.07) is 0.604. The van der Waals surface area contributed by atoms with Gasteiger partial charge in [0.25, 0.3) is 0 Å². The first kappa shape index (κ1) is 11.4. The van der Waals surface area contributed by atoms with E-state index in [1.165, 1.54) is 32.1 Å². The van der Waals surface area contributed by atoms with Crippen LogP contribution in [0.1, 0.15) is 38.5 Å². The lowest BCUT2D eigenvalue weighted by Gasteiger charge is -2.30. The zero-order chi connectivity index (χ0) is 10.7. The van der Waals surface area contributed by atoms with Crippen molar-refractivity contribution < 1.29 is 9.84 Å². The Balaban J connectivity index is 1.70. The van der Waals surface area contributed by atoms with Crippen molar-refractivity contribution in [1.29, 1.82) is 0 Å². The zero-order valence-corrected chi connectivity index (χ0v) is 9.67. The van der Waals surface area contributed by atoms with E-state index in [1.807, 2.05) is 7.11 Å². The first-order chi connectivity index (χ1) is 7.28. The third-order valence-electron chi connectivity index (χ3n) is 4.02. The second-order valence-corrected chi connectivity index (χ2v) is 5.26. The van der Waals surface area contributed by atoms with E-state index >= 15 is 0 Å². The van der Waals surface area contributed by atoms with Gasteiger partial charge in [-0.25, -0.2) is 0 Å². The van der Waals surface area contributed by atoms with E-state index in [1.54, 1.807) is 0 Å². The van der Waals surface area contributed by atoms with Crippen molar-refractivity contribution in [3.05, 3.63) is 0 Å². The molecule has 0 heterocycles. The topological polar surface area (TPSA) is 41.5 Å². The molecule has 0 aromatic heterocycles. The van der Waals surface area contributed by atoms with Crippen LogP contribution in [0.3, 0.4) is 0 Å². The van der Waals surface area contributed by atoms with Gasteiger partial charge in [-0.1, -0.05) is 0 Å². The van der Waals surface area contributed by atoms with E-state index in [4.69, 9.17) is 4.74 Å². The molecule has 2 N–H and O–H groups in total. The van der Waals surface area contributed by atoms with Crippen LogP contribution in [0.25, 0.3) is 0 Å². The van der Waals surface area contributed by atoms with Gasteiger partial charge in [-0.3, -0.25) is 0 Å². The van der Waals surface area contributed by atoms with Crippen LogP contribution in [0.4, 0.5) is 0 Å². The van der Waals surface area contributed by atoms with Crippen LogP contribution < -0.4 is 5.32 Å². The average Bonchev–Trinajstić information content (AvgIpc) is 3.07. The smallest absolute Gasteiger partial charge is 0.0586 e. The predicted octanol–water partition coefficient (Wildman–Crippen LogP) is 1.31. The molecule has 2 saturated carbocycles. The Morgan fingerprint density at radius 1 is 1.40 bits per heavy atom. The van der Waals surface area contributed by atoms with Gasteiger partial charge in [-0.2, -0.15) is 0 Å². The Bertz CT molecular complexity index is 204. The maximum atomic E-state index is 9.22. The van der Waals surface area contributed by atoms with E-state index in [9.17, 15) is 5.11 Å². The van der Waals surface area contributed by atoms with Crippen LogP contribution in [0.2, 0.25) is 0 Å². The molecule has 0 radical (unpaired) electrons. The molecule has 0 aromatic carbocycles. The van der Waals surface area contributed by atoms with Crippen molar-refractivity contribution in [2.45, 2.75) is 50.7 Å². The molecule has 0 bridgehead atoms. The molecule has 0 amide bonds. The van der Waals surface area contributed by atoms with E-state index < -0.39 is 0 Å². The molecular weight excluding hydrogens is 190 g/mol. The van der Waals surface area contributed by atoms with Crippen molar-refractivity contribution in [3.8, 4) is 0 Å². The number of aliphatic hydroxyl groups is 1. The molecule has 2 rings (SSSR count). The van der Waals surface area contributed by atoms with E-state index in [0.29, 0.717) is 18.8 Å². The highest BCUT2D eigenvalue weighted by Gasteiger charge is 2.42. The minimum absolute atomic E-state index is 0.236. The van der Waals surface area contributed by atoms with Gasteiger partial charge in [0.05, 0.1) is 6.10 Å². The Morgan fingerprint density at radius 2 is 2.20 bits per heavy atom. The summed E-state index contributed by atoms with van der Waals surface area (Å²) in [4.78, 5) is 0. The lowest BCUT2D eigenvalue weighted by molar-refractivity contribution is 0.0571. The molecule has 0 saturated heterocycles. The molecule has 0 spiro atoms. The lowest BCUT2D eigenvalue weighted by atomic mass is 9.92. The second kappa shape index (κ2) is 4.81. The Hall–Kier alpha value is -0.120. The quantitative estimate of drug-likeness (QED) is 0.723. The zero-order valence-electron chi connectivity index (χ0n) is 9.67. The third-order valence-corrected chi connectivity index (χ3v) is 4.02. The largest absolute Gasteiger partial charge is 0.396 e. The van der Waals surface area contributed by atoms with Crippen molar-refractivity contribution >= 4 is 0 Å². The highest BCUT2D eigenvalue weighted by Crippen LogP contribution is 2.44. The minimum atomic E-state index is 0.236. The summed E-state index contributed by atoms with van der Waals surface area (Å²) in [5.74, 6) is 0. The number of nitrogens with one attached hydrogen (secondary N) is 1. The standard InChI is InChI=1S/C12H23NO2/c1-15-11-4-2-3-10(7-11)13-8-12(9-14)5-6-12/h10-11,13-14H,2-9H2,1H3. The van der Waals surface area contributed by atoms with E-state index in [0.717, 1.165) is 13.0 Å². The summed E-state index contributed by atoms with van der Waals surface area (Å²) in [6.07, 6.45) is 7.70. The van der Waals surface area contributed by atoms with Crippen molar-refractivity contribution in [1.82, 2.24) is 5.32 Å². The number of hydrogen-bond acceptors (Lipinski definition) is 3. The van der Waals surface area contributed by atoms with Crippen molar-refractivity contribution in [3.63, 3.8) is 0 Å². The van der Waals surface area contributed by atoms with E-state index in [-0.39, 0.29) is 5.41 Å². The highest BCUT2D eigenvalue weighted by atomic mass is 16.5. The molecular formula is C12H23NO2. The Kier molecular flexibility index (Phi) is 3.65. The second-order valence-electron chi connectivity index (χ2n) is 5.26. The normalized spacial score (nSPS) is 34.0. The molecule has 15 heavy (non-hydrogen) atoms. The van der Waals surface area contributed by atoms with Gasteiger partial charge in [0.1, 0.15) is 0 Å². The van der Waals surface area contributed by atoms with Crippen LogP contribution in [0, 0.1) is 5.41 Å². The number of aliphatic hydroxyl groups excluding tert-OH is 1. The monoisotopic (exact) mass is 213 g/mol. The van der Waals surface area contributed by atoms with Crippen LogP contribution in [-0.2, 0) is 4.74 Å². The van der Waals surface area contributed by atoms with E-state index in [2.05, 4.69) is 5.32 Å². The summed E-state index contributed by atoms with van der Waals surface area (Å²) < 4.78 is 5.41. The molecule has 0 aliphatic heterocycles. The molecule has 0 aromatic rings. The highest BCUT2D eigenvalue weighted by molar-refractivity contribution is 4.95. The summed E-state index contributed by atoms with van der Waals surface area (Å²) in [5, 5.41) is 12.8. The predicted molar refractivity (Wildman–Crippen MR) is 59.8 cm³/mol. The molecule has 88 valence electrons. The van der Waals surface area contributed by atoms with Gasteiger partial charge in [-0.15, -0.1) is 0 Å². The van der Waals surface area contributed by atoms with Gasteiger partial charge in [0, 0.05) is 31.7 Å². The summed E-state index contributed by atoms with van der Waals surface area (Å²) in [6.45, 7) is 1.34. The van der Waals surface area contributed by atoms with Gasteiger partial charge >= 0.3 is 0 Å². The number of hydrogen-bond donors (Lipinski definition) is 2. The molecule has 2 fully saturated rings. The number of ether oxygens (including phenoxy) is 1. The van der Waals surface area contributed by atoms with Crippen LogP contribution in [0.5, 0.6) is 0 Å². The molecule has 2 aliphatic rings. The average molecular weight is 213 g/mol. The van der Waals surface area contributed by atoms with Gasteiger partial charge in [0.2, 0.25) is 0 Å². The molecule has 2 atom stereocenters. The fraction of sp³-hybridized carbons (Fsp3) is 1.00. The fourth-order valence-electron chi connectivity index (χ4n) is 2.47. The third kappa shape index (κ3) is 2.92. The summed E-state index contributed by atoms with van der Waals surface area (Å²) in [7, 11) is 1.81. The van der Waals surface area contributed by atoms with Gasteiger partial charge in [0.15, 0.2) is 0 Å². The number of rotatable bonds is 5. The molecule has 3 nitrogen and oxygen atoms in total. The molecule has 2 aliphatic carbocycles. The lowest BCUT2D eigenvalue weighted by Crippen LogP contribution is -2.40. The van der Waals surface area contributed by atoms with Crippen LogP contribution >= 0.6 is 0 Å². The maximum Gasteiger partial charge on any atom is 0.0586 e. The van der Waals surface area contributed by atoms with Gasteiger partial charge < -0.3 is 15.2 Å². The van der Waals surface area contributed by atoms with Crippen molar-refractivity contribution in [2.75, 3.05) is 20.3 Å². The summed E-state index contributed by atoms with van der Waals surface area (Å²) in [5.41, 5.74) is 0.236. The molecule has 2 unspecified atom stereocenters. The Labute approximate surface area is 92.2 Å². The fourth-order valence-corrected chi connectivity index (χ4v) is 2.47. The number of methoxy groups -OCH3 is 1. The SMILES string of the molecule is COC1CCCC(NCC2(CO)CC2)C1. The summed E-state index contributed by atoms with van der Waals surface area (Å²) >= 11 is 0. The Morgan fingerprint density at radius 3 is 2.80 bits per heavy atom. The first-order valence-corrected chi connectivity index (χ1v) is 6.15. The van der Waals surface area contributed by atoms with Crippen LogP contribution in [-0.4, -0.2) is 37.5 Å². The first-order valence-electron chi connectivity index (χ1n) is 6.15. The molecule has 3 heteroatoms. The van der Waals surface area contributed by atoms with Crippen molar-refractivity contribution in [2.24, 2.45) is 5.41 Å². The maximum absolute atomic E-state index is 9.22.